The van der Waals surface area contributed by atoms with Gasteiger partial charge in [0.15, 0.2) is 11.5 Å². The fourth-order valence-electron chi connectivity index (χ4n) is 3.83. The smallest absolute Gasteiger partial charge is 0.260 e. The Morgan fingerprint density at radius 2 is 1.93 bits per heavy atom. The van der Waals surface area contributed by atoms with Crippen LogP contribution in [0.2, 0.25) is 0 Å². The fraction of sp³-hybridized carbons (Fsp3) is 0.333. The Labute approximate surface area is 168 Å². The predicted molar refractivity (Wildman–Crippen MR) is 108 cm³/mol. The molecule has 7 heteroatoms. The molecule has 1 fully saturated rings. The van der Waals surface area contributed by atoms with Gasteiger partial charge in [0.05, 0.1) is 25.8 Å². The molecule has 0 spiro atoms. The highest BCUT2D eigenvalue weighted by molar-refractivity contribution is 7.99. The van der Waals surface area contributed by atoms with Crippen LogP contribution in [0.3, 0.4) is 0 Å². The number of carbonyl (C=O) groups excluding carboxylic acids is 2. The highest BCUT2D eigenvalue weighted by Crippen LogP contribution is 2.52. The van der Waals surface area contributed by atoms with Crippen molar-refractivity contribution in [3.8, 4) is 11.5 Å². The minimum atomic E-state index is -0.517. The van der Waals surface area contributed by atoms with Crippen LogP contribution in [0.1, 0.15) is 39.8 Å². The lowest BCUT2D eigenvalue weighted by molar-refractivity contribution is -0.125. The minimum Gasteiger partial charge on any atom is -0.493 e. The Bertz CT molecular complexity index is 918. The first-order valence-corrected chi connectivity index (χ1v) is 10.2. The van der Waals surface area contributed by atoms with Gasteiger partial charge in [-0.15, -0.1) is 11.8 Å². The molecule has 6 nitrogen and oxygen atoms in total. The molecule has 0 radical (unpaired) electrons. The average molecular weight is 398 g/mol. The number of hydrogen-bond acceptors (Lipinski definition) is 5. The Balaban J connectivity index is 1.58. The first-order valence-electron chi connectivity index (χ1n) is 9.11. The summed E-state index contributed by atoms with van der Waals surface area (Å²) in [6.45, 7) is 1.95. The van der Waals surface area contributed by atoms with E-state index in [-0.39, 0.29) is 23.2 Å². The maximum atomic E-state index is 13.2. The van der Waals surface area contributed by atoms with Gasteiger partial charge in [-0.2, -0.15) is 0 Å². The number of amides is 2. The quantitative estimate of drug-likeness (QED) is 0.838. The molecule has 1 N–H and O–H groups in total. The van der Waals surface area contributed by atoms with Crippen LogP contribution in [0.4, 0.5) is 0 Å². The van der Waals surface area contributed by atoms with Gasteiger partial charge in [-0.05, 0) is 18.6 Å². The molecule has 0 aromatic heterocycles. The van der Waals surface area contributed by atoms with Crippen LogP contribution in [0.15, 0.2) is 42.5 Å². The van der Waals surface area contributed by atoms with E-state index in [0.29, 0.717) is 22.8 Å². The summed E-state index contributed by atoms with van der Waals surface area (Å²) >= 11 is 1.60. The first kappa shape index (κ1) is 18.7. The summed E-state index contributed by atoms with van der Waals surface area (Å²) in [4.78, 5) is 27.8. The van der Waals surface area contributed by atoms with E-state index in [1.54, 1.807) is 29.8 Å². The van der Waals surface area contributed by atoms with Gasteiger partial charge >= 0.3 is 0 Å². The van der Waals surface area contributed by atoms with Crippen molar-refractivity contribution in [1.29, 1.82) is 0 Å². The molecule has 0 saturated carbocycles. The SMILES string of the molecule is COc1ccc2c(c1OC)C(=O)N1C2SC[C@H]1C(=O)NC(C)c1ccccc1. The highest BCUT2D eigenvalue weighted by atomic mass is 32.2. The van der Waals surface area contributed by atoms with E-state index in [2.05, 4.69) is 5.32 Å². The molecule has 1 saturated heterocycles. The Kier molecular flexibility index (Phi) is 4.93. The van der Waals surface area contributed by atoms with Crippen molar-refractivity contribution in [2.24, 2.45) is 0 Å². The Hall–Kier alpha value is -2.67. The van der Waals surface area contributed by atoms with Crippen LogP contribution >= 0.6 is 11.8 Å². The molecule has 2 aromatic rings. The van der Waals surface area contributed by atoms with Crippen molar-refractivity contribution in [3.05, 3.63) is 59.2 Å². The van der Waals surface area contributed by atoms with E-state index < -0.39 is 6.04 Å². The normalized spacial score (nSPS) is 21.1. The van der Waals surface area contributed by atoms with Crippen molar-refractivity contribution < 1.29 is 19.1 Å². The zero-order chi connectivity index (χ0) is 19.8. The van der Waals surface area contributed by atoms with Crippen LogP contribution in [-0.2, 0) is 4.79 Å². The third-order valence-corrected chi connectivity index (χ3v) is 6.56. The number of rotatable bonds is 5. The molecule has 3 atom stereocenters. The Morgan fingerprint density at radius 1 is 1.18 bits per heavy atom. The second kappa shape index (κ2) is 7.39. The van der Waals surface area contributed by atoms with Gasteiger partial charge < -0.3 is 19.7 Å². The van der Waals surface area contributed by atoms with E-state index in [1.165, 1.54) is 7.11 Å². The number of benzene rings is 2. The molecule has 0 aliphatic carbocycles. The number of nitrogens with one attached hydrogen (secondary N) is 1. The minimum absolute atomic E-state index is 0.132. The summed E-state index contributed by atoms with van der Waals surface area (Å²) in [5, 5.41) is 2.87. The monoisotopic (exact) mass is 398 g/mol. The summed E-state index contributed by atoms with van der Waals surface area (Å²) in [6, 6.07) is 12.8. The molecule has 2 aromatic carbocycles. The molecule has 4 rings (SSSR count). The van der Waals surface area contributed by atoms with Crippen LogP contribution in [0, 0.1) is 0 Å². The molecule has 28 heavy (non-hydrogen) atoms. The van der Waals surface area contributed by atoms with Crippen molar-refractivity contribution in [3.63, 3.8) is 0 Å². The zero-order valence-electron chi connectivity index (χ0n) is 16.0. The Morgan fingerprint density at radius 3 is 2.61 bits per heavy atom. The fourth-order valence-corrected chi connectivity index (χ4v) is 5.28. The van der Waals surface area contributed by atoms with E-state index in [0.717, 1.165) is 11.1 Å². The number of methoxy groups -OCH3 is 2. The van der Waals surface area contributed by atoms with Gasteiger partial charge in [-0.1, -0.05) is 36.4 Å². The lowest BCUT2D eigenvalue weighted by Gasteiger charge is -2.24. The van der Waals surface area contributed by atoms with Crippen LogP contribution in [-0.4, -0.2) is 42.7 Å². The van der Waals surface area contributed by atoms with E-state index >= 15 is 0 Å². The van der Waals surface area contributed by atoms with Gasteiger partial charge in [-0.3, -0.25) is 9.59 Å². The second-order valence-electron chi connectivity index (χ2n) is 6.82. The van der Waals surface area contributed by atoms with Gasteiger partial charge in [0.2, 0.25) is 5.91 Å². The van der Waals surface area contributed by atoms with E-state index in [9.17, 15) is 9.59 Å². The average Bonchev–Trinajstić information content (AvgIpc) is 3.28. The molecular weight excluding hydrogens is 376 g/mol. The number of carbonyl (C=O) groups is 2. The summed E-state index contributed by atoms with van der Waals surface area (Å²) in [5.74, 6) is 1.18. The molecule has 2 heterocycles. The third kappa shape index (κ3) is 2.90. The van der Waals surface area contributed by atoms with Crippen LogP contribution in [0.25, 0.3) is 0 Å². The molecule has 2 amide bonds. The van der Waals surface area contributed by atoms with Gasteiger partial charge in [0.25, 0.3) is 5.91 Å². The van der Waals surface area contributed by atoms with Gasteiger partial charge in [-0.25, -0.2) is 0 Å². The number of fused-ring (bicyclic) bond motifs is 3. The standard InChI is InChI=1S/C21H22N2O4S/c1-12(13-7-5-4-6-8-13)22-19(24)15-11-28-21-14-9-10-16(26-2)18(27-3)17(14)20(25)23(15)21/h4-10,12,15,21H,11H2,1-3H3,(H,22,24)/t12?,15-,21?/m0/s1. The van der Waals surface area contributed by atoms with E-state index in [4.69, 9.17) is 9.47 Å². The second-order valence-corrected chi connectivity index (χ2v) is 7.93. The van der Waals surface area contributed by atoms with Crippen molar-refractivity contribution in [2.45, 2.75) is 24.4 Å². The molecule has 2 aliphatic heterocycles. The number of thioether (sulfide) groups is 1. The zero-order valence-corrected chi connectivity index (χ0v) is 16.8. The molecular formula is C21H22N2O4S. The van der Waals surface area contributed by atoms with Crippen molar-refractivity contribution >= 4 is 23.6 Å². The number of hydrogen-bond donors (Lipinski definition) is 1. The number of ether oxygens (including phenoxy) is 2. The van der Waals surface area contributed by atoms with Gasteiger partial charge in [0, 0.05) is 11.3 Å². The summed E-state index contributed by atoms with van der Waals surface area (Å²) in [7, 11) is 3.06. The summed E-state index contributed by atoms with van der Waals surface area (Å²) in [5.41, 5.74) is 2.40. The number of nitrogens with zero attached hydrogens (tertiary/aromatic N) is 1. The van der Waals surface area contributed by atoms with Crippen molar-refractivity contribution in [1.82, 2.24) is 10.2 Å². The molecule has 0 bridgehead atoms. The third-order valence-electron chi connectivity index (χ3n) is 5.25. The maximum Gasteiger partial charge on any atom is 0.260 e. The largest absolute Gasteiger partial charge is 0.493 e. The predicted octanol–water partition coefficient (Wildman–Crippen LogP) is 3.15. The van der Waals surface area contributed by atoms with Crippen LogP contribution in [0.5, 0.6) is 11.5 Å². The topological polar surface area (TPSA) is 67.9 Å². The molecule has 2 unspecified atom stereocenters. The molecule has 146 valence electrons. The van der Waals surface area contributed by atoms with E-state index in [1.807, 2.05) is 43.3 Å². The lowest BCUT2D eigenvalue weighted by Crippen LogP contribution is -2.46. The maximum absolute atomic E-state index is 13.2. The summed E-state index contributed by atoms with van der Waals surface area (Å²) in [6.07, 6.45) is 0. The highest BCUT2D eigenvalue weighted by Gasteiger charge is 2.50. The molecule has 2 aliphatic rings. The van der Waals surface area contributed by atoms with Crippen LogP contribution < -0.4 is 14.8 Å². The van der Waals surface area contributed by atoms with Crippen molar-refractivity contribution in [2.75, 3.05) is 20.0 Å². The first-order chi connectivity index (χ1) is 13.6. The summed E-state index contributed by atoms with van der Waals surface area (Å²) < 4.78 is 10.8. The lowest BCUT2D eigenvalue weighted by atomic mass is 10.1. The van der Waals surface area contributed by atoms with Gasteiger partial charge in [0.1, 0.15) is 11.4 Å².